The standard InChI is InChI=1S/C15H15BrFNO2S/c16-12-1-2-14(17)13(6-12)15(20)18-7-11(8-19)5-10-3-4-21-9-10/h1-4,6,9,11,19H,5,7-8H2,(H,18,20)/t11-/m1/s1. The first-order valence-corrected chi connectivity index (χ1v) is 8.19. The van der Waals surface area contributed by atoms with Crippen LogP contribution in [-0.4, -0.2) is 24.2 Å². The Hall–Kier alpha value is -1.24. The predicted octanol–water partition coefficient (Wildman–Crippen LogP) is 3.23. The van der Waals surface area contributed by atoms with Crippen LogP contribution in [0.15, 0.2) is 39.5 Å². The van der Waals surface area contributed by atoms with Crippen LogP contribution in [0.1, 0.15) is 15.9 Å². The summed E-state index contributed by atoms with van der Waals surface area (Å²) in [6.45, 7) is 0.272. The quantitative estimate of drug-likeness (QED) is 0.818. The van der Waals surface area contributed by atoms with Crippen molar-refractivity contribution < 1.29 is 14.3 Å². The van der Waals surface area contributed by atoms with Crippen molar-refractivity contribution in [3.63, 3.8) is 0 Å². The maximum atomic E-state index is 13.6. The van der Waals surface area contributed by atoms with E-state index in [1.54, 1.807) is 17.4 Å². The number of carbonyl (C=O) groups is 1. The molecular weight excluding hydrogens is 357 g/mol. The highest BCUT2D eigenvalue weighted by molar-refractivity contribution is 9.10. The molecule has 1 aromatic heterocycles. The highest BCUT2D eigenvalue weighted by Gasteiger charge is 2.15. The highest BCUT2D eigenvalue weighted by atomic mass is 79.9. The first kappa shape index (κ1) is 16.1. The maximum Gasteiger partial charge on any atom is 0.254 e. The molecule has 1 heterocycles. The van der Waals surface area contributed by atoms with Crippen molar-refractivity contribution in [3.8, 4) is 0 Å². The number of carbonyl (C=O) groups excluding carboxylic acids is 1. The second-order valence-corrected chi connectivity index (χ2v) is 6.41. The largest absolute Gasteiger partial charge is 0.396 e. The number of thiophene rings is 1. The lowest BCUT2D eigenvalue weighted by molar-refractivity contribution is 0.0936. The maximum absolute atomic E-state index is 13.6. The number of nitrogens with one attached hydrogen (secondary N) is 1. The summed E-state index contributed by atoms with van der Waals surface area (Å²) < 4.78 is 14.2. The van der Waals surface area contributed by atoms with Gasteiger partial charge in [-0.3, -0.25) is 4.79 Å². The number of hydrogen-bond donors (Lipinski definition) is 2. The SMILES string of the molecule is O=C(NC[C@H](CO)Cc1ccsc1)c1cc(Br)ccc1F. The second kappa shape index (κ2) is 7.68. The number of amides is 1. The molecule has 0 radical (unpaired) electrons. The third kappa shape index (κ3) is 4.62. The Kier molecular flexibility index (Phi) is 5.90. The molecule has 112 valence electrons. The van der Waals surface area contributed by atoms with Gasteiger partial charge in [0.25, 0.3) is 5.91 Å². The van der Waals surface area contributed by atoms with E-state index >= 15 is 0 Å². The molecule has 2 N–H and O–H groups in total. The van der Waals surface area contributed by atoms with E-state index < -0.39 is 11.7 Å². The lowest BCUT2D eigenvalue weighted by atomic mass is 10.0. The topological polar surface area (TPSA) is 49.3 Å². The van der Waals surface area contributed by atoms with Gasteiger partial charge in [0.15, 0.2) is 0 Å². The molecule has 2 rings (SSSR count). The summed E-state index contributed by atoms with van der Waals surface area (Å²) in [7, 11) is 0. The fourth-order valence-electron chi connectivity index (χ4n) is 1.95. The molecule has 0 fully saturated rings. The molecule has 0 aliphatic heterocycles. The third-order valence-electron chi connectivity index (χ3n) is 3.09. The number of hydrogen-bond acceptors (Lipinski definition) is 3. The summed E-state index contributed by atoms with van der Waals surface area (Å²) in [4.78, 5) is 12.0. The average molecular weight is 372 g/mol. The molecule has 0 bridgehead atoms. The third-order valence-corrected chi connectivity index (χ3v) is 4.31. The van der Waals surface area contributed by atoms with E-state index in [1.165, 1.54) is 12.1 Å². The van der Waals surface area contributed by atoms with Gasteiger partial charge in [0.1, 0.15) is 5.82 Å². The predicted molar refractivity (Wildman–Crippen MR) is 85.0 cm³/mol. The van der Waals surface area contributed by atoms with Crippen molar-refractivity contribution in [2.75, 3.05) is 13.2 Å². The van der Waals surface area contributed by atoms with E-state index in [0.717, 1.165) is 5.56 Å². The van der Waals surface area contributed by atoms with Crippen LogP contribution in [-0.2, 0) is 6.42 Å². The van der Waals surface area contributed by atoms with Gasteiger partial charge < -0.3 is 10.4 Å². The Bertz CT molecular complexity index is 604. The van der Waals surface area contributed by atoms with Crippen LogP contribution in [0.25, 0.3) is 0 Å². The molecule has 1 aromatic carbocycles. The van der Waals surface area contributed by atoms with E-state index in [0.29, 0.717) is 17.4 Å². The van der Waals surface area contributed by atoms with Crippen LogP contribution < -0.4 is 5.32 Å². The zero-order valence-corrected chi connectivity index (χ0v) is 13.6. The Labute approximate surface area is 134 Å². The number of rotatable bonds is 6. The van der Waals surface area contributed by atoms with Gasteiger partial charge in [-0.05, 0) is 47.0 Å². The van der Waals surface area contributed by atoms with Crippen molar-refractivity contribution in [3.05, 3.63) is 56.4 Å². The molecule has 3 nitrogen and oxygen atoms in total. The van der Waals surface area contributed by atoms with Crippen molar-refractivity contribution in [1.29, 1.82) is 0 Å². The first-order valence-electron chi connectivity index (χ1n) is 6.45. The smallest absolute Gasteiger partial charge is 0.254 e. The monoisotopic (exact) mass is 371 g/mol. The number of aliphatic hydroxyl groups is 1. The zero-order chi connectivity index (χ0) is 15.2. The number of aliphatic hydroxyl groups excluding tert-OH is 1. The van der Waals surface area contributed by atoms with Gasteiger partial charge in [-0.2, -0.15) is 11.3 Å². The Morgan fingerprint density at radius 2 is 2.24 bits per heavy atom. The molecule has 0 spiro atoms. The summed E-state index contributed by atoms with van der Waals surface area (Å²) in [5.74, 6) is -1.12. The molecule has 6 heteroatoms. The number of benzene rings is 1. The first-order chi connectivity index (χ1) is 10.1. The van der Waals surface area contributed by atoms with E-state index in [2.05, 4.69) is 21.2 Å². The molecular formula is C15H15BrFNO2S. The lowest BCUT2D eigenvalue weighted by Crippen LogP contribution is -2.32. The van der Waals surface area contributed by atoms with Gasteiger partial charge >= 0.3 is 0 Å². The summed E-state index contributed by atoms with van der Waals surface area (Å²) in [6.07, 6.45) is 0.682. The Morgan fingerprint density at radius 3 is 2.90 bits per heavy atom. The minimum absolute atomic E-state index is 0.00315. The fraction of sp³-hybridized carbons (Fsp3) is 0.267. The molecule has 1 amide bonds. The summed E-state index contributed by atoms with van der Waals surface area (Å²) in [6, 6.07) is 6.22. The average Bonchev–Trinajstić information content (AvgIpc) is 2.98. The highest BCUT2D eigenvalue weighted by Crippen LogP contribution is 2.16. The molecule has 0 saturated heterocycles. The van der Waals surface area contributed by atoms with Crippen molar-refractivity contribution in [2.45, 2.75) is 6.42 Å². The fourth-order valence-corrected chi connectivity index (χ4v) is 2.99. The van der Waals surface area contributed by atoms with Crippen LogP contribution in [0.4, 0.5) is 4.39 Å². The minimum Gasteiger partial charge on any atom is -0.396 e. The van der Waals surface area contributed by atoms with Crippen LogP contribution in [0, 0.1) is 11.7 Å². The molecule has 0 unspecified atom stereocenters. The van der Waals surface area contributed by atoms with Crippen LogP contribution >= 0.6 is 27.3 Å². The molecule has 2 aromatic rings. The van der Waals surface area contributed by atoms with E-state index in [4.69, 9.17) is 0 Å². The summed E-state index contributed by atoms with van der Waals surface area (Å²) >= 11 is 4.81. The summed E-state index contributed by atoms with van der Waals surface area (Å²) in [5.41, 5.74) is 1.12. The molecule has 0 saturated carbocycles. The molecule has 0 aliphatic carbocycles. The van der Waals surface area contributed by atoms with Crippen molar-refractivity contribution in [2.24, 2.45) is 5.92 Å². The van der Waals surface area contributed by atoms with Gasteiger partial charge in [0.2, 0.25) is 0 Å². The van der Waals surface area contributed by atoms with E-state index in [9.17, 15) is 14.3 Å². The van der Waals surface area contributed by atoms with E-state index in [1.807, 2.05) is 16.8 Å². The Morgan fingerprint density at radius 1 is 1.43 bits per heavy atom. The molecule has 0 aliphatic rings. The van der Waals surface area contributed by atoms with Gasteiger partial charge in [0, 0.05) is 23.5 Å². The van der Waals surface area contributed by atoms with Crippen LogP contribution in [0.5, 0.6) is 0 Å². The van der Waals surface area contributed by atoms with Gasteiger partial charge in [0.05, 0.1) is 5.56 Å². The van der Waals surface area contributed by atoms with Gasteiger partial charge in [-0.15, -0.1) is 0 Å². The van der Waals surface area contributed by atoms with Gasteiger partial charge in [-0.1, -0.05) is 15.9 Å². The minimum atomic E-state index is -0.561. The normalized spacial score (nSPS) is 12.1. The van der Waals surface area contributed by atoms with Gasteiger partial charge in [-0.25, -0.2) is 4.39 Å². The summed E-state index contributed by atoms with van der Waals surface area (Å²) in [5, 5.41) is 16.0. The van der Waals surface area contributed by atoms with Crippen LogP contribution in [0.3, 0.4) is 0 Å². The Balaban J connectivity index is 1.94. The molecule has 1 atom stereocenters. The van der Waals surface area contributed by atoms with Crippen molar-refractivity contribution >= 4 is 33.2 Å². The van der Waals surface area contributed by atoms with Crippen LogP contribution in [0.2, 0.25) is 0 Å². The second-order valence-electron chi connectivity index (χ2n) is 4.72. The zero-order valence-electron chi connectivity index (χ0n) is 11.2. The lowest BCUT2D eigenvalue weighted by Gasteiger charge is -2.14. The molecule has 21 heavy (non-hydrogen) atoms. The van der Waals surface area contributed by atoms with E-state index in [-0.39, 0.29) is 18.1 Å². The van der Waals surface area contributed by atoms with Crippen molar-refractivity contribution in [1.82, 2.24) is 5.32 Å². The number of halogens is 2.